The van der Waals surface area contributed by atoms with Crippen molar-refractivity contribution < 1.29 is 21.1 Å². The van der Waals surface area contributed by atoms with Crippen molar-refractivity contribution >= 4 is 0 Å². The van der Waals surface area contributed by atoms with Gasteiger partial charge in [-0.2, -0.15) is 48.0 Å². The molecule has 0 saturated heterocycles. The summed E-state index contributed by atoms with van der Waals surface area (Å²) in [5.41, 5.74) is 4.75. The molecule has 0 saturated carbocycles. The first kappa shape index (κ1) is 12.2. The predicted molar refractivity (Wildman–Crippen MR) is 59.0 cm³/mol. The fraction of sp³-hybridized carbons (Fsp3) is 0.143. The summed E-state index contributed by atoms with van der Waals surface area (Å²) >= 11 is 0. The molecule has 0 aliphatic rings. The van der Waals surface area contributed by atoms with Crippen LogP contribution in [0.1, 0.15) is 11.1 Å². The fourth-order valence-corrected chi connectivity index (χ4v) is 1.47. The maximum atomic E-state index is 3.26. The van der Waals surface area contributed by atoms with Gasteiger partial charge in [-0.05, 0) is 0 Å². The summed E-state index contributed by atoms with van der Waals surface area (Å²) in [7, 11) is 0. The first-order valence-corrected chi connectivity index (χ1v) is 4.73. The summed E-state index contributed by atoms with van der Waals surface area (Å²) < 4.78 is 0. The summed E-state index contributed by atoms with van der Waals surface area (Å²) in [5, 5.41) is 0. The van der Waals surface area contributed by atoms with Gasteiger partial charge in [0, 0.05) is 0 Å². The summed E-state index contributed by atoms with van der Waals surface area (Å²) in [6, 6.07) is 18.8. The van der Waals surface area contributed by atoms with Crippen LogP contribution in [0.25, 0.3) is 11.1 Å². The zero-order valence-electron chi connectivity index (χ0n) is 8.87. The minimum Gasteiger partial charge on any atom is -0.226 e. The second-order valence-electron chi connectivity index (χ2n) is 3.51. The standard InChI is InChI=1S/C14H12.W/c1-11-7-9-13(10-8-11)14-6-4-3-5-12(14)2;/h3-5,7-9H,1-2H3;/q-2;+2. The molecule has 74 valence electrons. The molecule has 0 bridgehead atoms. The maximum absolute atomic E-state index is 3.26. The largest absolute Gasteiger partial charge is 2.00 e. The zero-order valence-corrected chi connectivity index (χ0v) is 11.8. The van der Waals surface area contributed by atoms with Crippen molar-refractivity contribution in [2.75, 3.05) is 0 Å². The molecule has 0 fully saturated rings. The molecule has 2 aromatic rings. The van der Waals surface area contributed by atoms with Gasteiger partial charge >= 0.3 is 21.1 Å². The summed E-state index contributed by atoms with van der Waals surface area (Å²) in [6.45, 7) is 4.17. The van der Waals surface area contributed by atoms with E-state index in [0.717, 1.165) is 11.1 Å². The molecule has 0 aromatic heterocycles. The Hall–Kier alpha value is -0.872. The predicted octanol–water partition coefficient (Wildman–Crippen LogP) is 3.57. The van der Waals surface area contributed by atoms with Crippen LogP contribution in [-0.2, 0) is 21.1 Å². The molecule has 0 nitrogen and oxygen atoms in total. The Kier molecular flexibility index (Phi) is 4.29. The van der Waals surface area contributed by atoms with Crippen LogP contribution in [0.5, 0.6) is 0 Å². The molecule has 0 radical (unpaired) electrons. The molecule has 1 heteroatoms. The van der Waals surface area contributed by atoms with E-state index < -0.39 is 0 Å². The first-order chi connectivity index (χ1) is 6.77. The Morgan fingerprint density at radius 1 is 1.00 bits per heavy atom. The number of aryl methyl sites for hydroxylation is 2. The van der Waals surface area contributed by atoms with E-state index in [4.69, 9.17) is 0 Å². The summed E-state index contributed by atoms with van der Waals surface area (Å²) in [4.78, 5) is 0. The van der Waals surface area contributed by atoms with Crippen molar-refractivity contribution in [2.24, 2.45) is 0 Å². The fourth-order valence-electron chi connectivity index (χ4n) is 1.47. The molecule has 0 aliphatic carbocycles. The second-order valence-corrected chi connectivity index (χ2v) is 3.51. The van der Waals surface area contributed by atoms with E-state index in [1.165, 1.54) is 11.1 Å². The van der Waals surface area contributed by atoms with Crippen molar-refractivity contribution in [3.63, 3.8) is 0 Å². The van der Waals surface area contributed by atoms with E-state index in [9.17, 15) is 0 Å². The topological polar surface area (TPSA) is 0 Å². The molecule has 2 aromatic carbocycles. The normalized spacial score (nSPS) is 9.47. The molecule has 15 heavy (non-hydrogen) atoms. The molecular weight excluding hydrogens is 352 g/mol. The molecule has 0 N–H and O–H groups in total. The van der Waals surface area contributed by atoms with Crippen molar-refractivity contribution in [1.82, 2.24) is 0 Å². The van der Waals surface area contributed by atoms with Crippen LogP contribution in [0.15, 0.2) is 36.4 Å². The van der Waals surface area contributed by atoms with Gasteiger partial charge in [-0.3, -0.25) is 0 Å². The van der Waals surface area contributed by atoms with Crippen LogP contribution < -0.4 is 0 Å². The first-order valence-electron chi connectivity index (χ1n) is 4.73. The van der Waals surface area contributed by atoms with Crippen LogP contribution >= 0.6 is 0 Å². The van der Waals surface area contributed by atoms with Gasteiger partial charge in [-0.15, -0.1) is 11.6 Å². The molecule has 0 aliphatic heterocycles. The van der Waals surface area contributed by atoms with Crippen molar-refractivity contribution in [3.8, 4) is 11.1 Å². The van der Waals surface area contributed by atoms with E-state index >= 15 is 0 Å². The molecule has 2 rings (SSSR count). The van der Waals surface area contributed by atoms with Crippen LogP contribution in [0.4, 0.5) is 0 Å². The Bertz CT molecular complexity index is 429. The molecular formula is C14H12W. The van der Waals surface area contributed by atoms with Gasteiger partial charge in [0.05, 0.1) is 0 Å². The smallest absolute Gasteiger partial charge is 0.226 e. The molecule has 0 unspecified atom stereocenters. The van der Waals surface area contributed by atoms with Gasteiger partial charge in [-0.1, -0.05) is 13.8 Å². The van der Waals surface area contributed by atoms with E-state index in [2.05, 4.69) is 44.2 Å². The Balaban J connectivity index is 0.00000112. The third kappa shape index (κ3) is 2.79. The summed E-state index contributed by atoms with van der Waals surface area (Å²) in [5.74, 6) is 0. The average molecular weight is 364 g/mol. The Morgan fingerprint density at radius 3 is 2.40 bits per heavy atom. The van der Waals surface area contributed by atoms with Gasteiger partial charge < -0.3 is 0 Å². The summed E-state index contributed by atoms with van der Waals surface area (Å²) in [6.07, 6.45) is 0. The number of rotatable bonds is 1. The molecule has 0 spiro atoms. The van der Waals surface area contributed by atoms with Gasteiger partial charge in [0.15, 0.2) is 0 Å². The number of hydrogen-bond donors (Lipinski definition) is 0. The molecule has 0 atom stereocenters. The Labute approximate surface area is 106 Å². The third-order valence-electron chi connectivity index (χ3n) is 2.30. The average Bonchev–Trinajstić information content (AvgIpc) is 2.20. The van der Waals surface area contributed by atoms with Gasteiger partial charge in [0.2, 0.25) is 0 Å². The van der Waals surface area contributed by atoms with E-state index in [-0.39, 0.29) is 21.1 Å². The Morgan fingerprint density at radius 2 is 1.80 bits per heavy atom. The van der Waals surface area contributed by atoms with Crippen LogP contribution in [0.3, 0.4) is 0 Å². The quantitative estimate of drug-likeness (QED) is 0.679. The number of benzene rings is 2. The van der Waals surface area contributed by atoms with Crippen LogP contribution in [0, 0.1) is 26.0 Å². The number of hydrogen-bond acceptors (Lipinski definition) is 0. The van der Waals surface area contributed by atoms with Crippen LogP contribution in [0.2, 0.25) is 0 Å². The monoisotopic (exact) mass is 364 g/mol. The molecule has 0 heterocycles. The van der Waals surface area contributed by atoms with Gasteiger partial charge in [-0.25, -0.2) is 11.1 Å². The third-order valence-corrected chi connectivity index (χ3v) is 2.30. The van der Waals surface area contributed by atoms with Gasteiger partial charge in [0.25, 0.3) is 0 Å². The minimum atomic E-state index is 0. The maximum Gasteiger partial charge on any atom is 2.00 e. The van der Waals surface area contributed by atoms with Crippen molar-refractivity contribution in [2.45, 2.75) is 13.8 Å². The second kappa shape index (κ2) is 5.28. The SMILES string of the molecule is Cc1c[c-]c(-c2[c-]cccc2C)cc1.[W+2]. The molecule has 0 amide bonds. The minimum absolute atomic E-state index is 0. The van der Waals surface area contributed by atoms with E-state index in [1.807, 2.05) is 18.2 Å². The van der Waals surface area contributed by atoms with E-state index in [1.54, 1.807) is 0 Å². The van der Waals surface area contributed by atoms with Gasteiger partial charge in [0.1, 0.15) is 0 Å². The van der Waals surface area contributed by atoms with E-state index in [0.29, 0.717) is 0 Å². The van der Waals surface area contributed by atoms with Crippen LogP contribution in [-0.4, -0.2) is 0 Å². The van der Waals surface area contributed by atoms with Crippen molar-refractivity contribution in [3.05, 3.63) is 59.7 Å². The van der Waals surface area contributed by atoms with Crippen molar-refractivity contribution in [1.29, 1.82) is 0 Å². The zero-order chi connectivity index (χ0) is 9.97.